The van der Waals surface area contributed by atoms with E-state index < -0.39 is 10.0 Å². The molecule has 2 N–H and O–H groups in total. The van der Waals surface area contributed by atoms with E-state index in [0.717, 1.165) is 4.88 Å². The topological polar surface area (TPSA) is 67.4 Å². The van der Waals surface area contributed by atoms with Crippen molar-refractivity contribution in [2.75, 3.05) is 20.2 Å². The van der Waals surface area contributed by atoms with Gasteiger partial charge >= 0.3 is 0 Å². The van der Waals surface area contributed by atoms with Gasteiger partial charge in [-0.25, -0.2) is 13.1 Å². The van der Waals surface area contributed by atoms with Gasteiger partial charge in [0.25, 0.3) is 0 Å². The summed E-state index contributed by atoms with van der Waals surface area (Å²) in [6.45, 7) is 5.26. The van der Waals surface area contributed by atoms with Gasteiger partial charge in [0.05, 0.1) is 6.10 Å². The highest BCUT2D eigenvalue weighted by molar-refractivity contribution is 7.91. The molecule has 1 aromatic heterocycles. The summed E-state index contributed by atoms with van der Waals surface area (Å²) in [6.07, 6.45) is -0.124. The van der Waals surface area contributed by atoms with Crippen LogP contribution in [-0.2, 0) is 21.3 Å². The molecule has 0 aliphatic heterocycles. The maximum absolute atomic E-state index is 12.0. The van der Waals surface area contributed by atoms with Gasteiger partial charge in [0.1, 0.15) is 4.21 Å². The van der Waals surface area contributed by atoms with Crippen LogP contribution in [0, 0.1) is 0 Å². The highest BCUT2D eigenvalue weighted by atomic mass is 32.2. The van der Waals surface area contributed by atoms with Gasteiger partial charge in [-0.3, -0.25) is 0 Å². The molecule has 0 saturated heterocycles. The second kappa shape index (κ2) is 7.20. The van der Waals surface area contributed by atoms with E-state index in [1.807, 2.05) is 27.0 Å². The first kappa shape index (κ1) is 15.6. The highest BCUT2D eigenvalue weighted by Crippen LogP contribution is 2.21. The second-order valence-electron chi connectivity index (χ2n) is 3.87. The minimum Gasteiger partial charge on any atom is -0.377 e. The molecule has 104 valence electrons. The summed E-state index contributed by atoms with van der Waals surface area (Å²) >= 11 is 1.28. The molecule has 18 heavy (non-hydrogen) atoms. The average Bonchev–Trinajstić information content (AvgIpc) is 2.77. The Morgan fingerprint density at radius 3 is 2.78 bits per heavy atom. The first-order valence-corrected chi connectivity index (χ1v) is 8.14. The highest BCUT2D eigenvalue weighted by Gasteiger charge is 2.17. The normalized spacial score (nSPS) is 13.7. The van der Waals surface area contributed by atoms with E-state index in [2.05, 4.69) is 10.0 Å². The summed E-state index contributed by atoms with van der Waals surface area (Å²) in [4.78, 5) is 0.996. The summed E-state index contributed by atoms with van der Waals surface area (Å²) < 4.78 is 32.1. The zero-order valence-corrected chi connectivity index (χ0v) is 12.5. The van der Waals surface area contributed by atoms with E-state index in [0.29, 0.717) is 17.4 Å². The van der Waals surface area contributed by atoms with Crippen molar-refractivity contribution in [3.63, 3.8) is 0 Å². The fraction of sp³-hybridized carbons (Fsp3) is 0.636. The molecule has 0 amide bonds. The summed E-state index contributed by atoms with van der Waals surface area (Å²) in [5.74, 6) is 0. The number of ether oxygens (including phenoxy) is 1. The average molecular weight is 292 g/mol. The van der Waals surface area contributed by atoms with Crippen LogP contribution < -0.4 is 10.0 Å². The maximum Gasteiger partial charge on any atom is 0.250 e. The van der Waals surface area contributed by atoms with Crippen LogP contribution in [0.25, 0.3) is 0 Å². The Kier molecular flexibility index (Phi) is 6.24. The van der Waals surface area contributed by atoms with Crippen molar-refractivity contribution in [1.29, 1.82) is 0 Å². The predicted octanol–water partition coefficient (Wildman–Crippen LogP) is 1.17. The van der Waals surface area contributed by atoms with Crippen LogP contribution in [0.15, 0.2) is 16.3 Å². The molecule has 5 nitrogen and oxygen atoms in total. The molecule has 0 fully saturated rings. The van der Waals surface area contributed by atoms with E-state index in [9.17, 15) is 8.42 Å². The third-order valence-electron chi connectivity index (χ3n) is 2.26. The fourth-order valence-electron chi connectivity index (χ4n) is 1.41. The molecular formula is C11H20N2O3S2. The molecule has 1 aromatic rings. The summed E-state index contributed by atoms with van der Waals surface area (Å²) in [6, 6.07) is 3.45. The molecule has 0 saturated carbocycles. The van der Waals surface area contributed by atoms with Crippen molar-refractivity contribution < 1.29 is 13.2 Å². The third-order valence-corrected chi connectivity index (χ3v) is 5.27. The van der Waals surface area contributed by atoms with E-state index >= 15 is 0 Å². The van der Waals surface area contributed by atoms with Crippen LogP contribution in [-0.4, -0.2) is 34.7 Å². The number of rotatable bonds is 8. The number of nitrogens with one attached hydrogen (secondary N) is 2. The second-order valence-corrected chi connectivity index (χ2v) is 7.03. The fourth-order valence-corrected chi connectivity index (χ4v) is 3.94. The van der Waals surface area contributed by atoms with E-state index in [4.69, 9.17) is 4.74 Å². The van der Waals surface area contributed by atoms with Gasteiger partial charge in [-0.15, -0.1) is 11.3 Å². The molecule has 0 radical (unpaired) electrons. The first-order chi connectivity index (χ1) is 8.49. The summed E-state index contributed by atoms with van der Waals surface area (Å²) in [7, 11) is -1.58. The predicted molar refractivity (Wildman–Crippen MR) is 73.4 cm³/mol. The lowest BCUT2D eigenvalue weighted by Crippen LogP contribution is -2.31. The first-order valence-electron chi connectivity index (χ1n) is 5.84. The van der Waals surface area contributed by atoms with Gasteiger partial charge in [-0.2, -0.15) is 0 Å². The zero-order valence-electron chi connectivity index (χ0n) is 10.9. The van der Waals surface area contributed by atoms with Gasteiger partial charge in [0.15, 0.2) is 0 Å². The molecule has 0 spiro atoms. The number of thiophene rings is 1. The third kappa shape index (κ3) is 4.66. The monoisotopic (exact) mass is 292 g/mol. The van der Waals surface area contributed by atoms with Crippen molar-refractivity contribution in [3.05, 3.63) is 17.0 Å². The van der Waals surface area contributed by atoms with Crippen molar-refractivity contribution in [2.24, 2.45) is 0 Å². The molecule has 1 heterocycles. The minimum absolute atomic E-state index is 0.124. The minimum atomic E-state index is -3.41. The summed E-state index contributed by atoms with van der Waals surface area (Å²) in [5.41, 5.74) is 0. The van der Waals surface area contributed by atoms with Crippen LogP contribution >= 0.6 is 11.3 Å². The maximum atomic E-state index is 12.0. The molecule has 1 rings (SSSR count). The van der Waals surface area contributed by atoms with Crippen molar-refractivity contribution in [3.8, 4) is 0 Å². The Morgan fingerprint density at radius 1 is 1.44 bits per heavy atom. The van der Waals surface area contributed by atoms with E-state index in [1.165, 1.54) is 11.3 Å². The molecule has 0 aliphatic rings. The van der Waals surface area contributed by atoms with Crippen LogP contribution in [0.3, 0.4) is 0 Å². The van der Waals surface area contributed by atoms with E-state index in [1.54, 1.807) is 6.07 Å². The van der Waals surface area contributed by atoms with Gasteiger partial charge in [-0.05, 0) is 33.0 Å². The number of hydrogen-bond donors (Lipinski definition) is 2. The van der Waals surface area contributed by atoms with Crippen molar-refractivity contribution >= 4 is 21.4 Å². The molecule has 0 aromatic carbocycles. The van der Waals surface area contributed by atoms with Gasteiger partial charge in [0.2, 0.25) is 10.0 Å². The zero-order chi connectivity index (χ0) is 13.6. The van der Waals surface area contributed by atoms with Crippen LogP contribution in [0.2, 0.25) is 0 Å². The molecular weight excluding hydrogens is 272 g/mol. The van der Waals surface area contributed by atoms with Crippen LogP contribution in [0.5, 0.6) is 0 Å². The number of hydrogen-bond acceptors (Lipinski definition) is 5. The van der Waals surface area contributed by atoms with Crippen LogP contribution in [0.4, 0.5) is 0 Å². The SMILES string of the molecule is CCOC(C)CNS(=O)(=O)c1ccc(CNC)s1. The van der Waals surface area contributed by atoms with Crippen molar-refractivity contribution in [1.82, 2.24) is 10.0 Å². The molecule has 0 bridgehead atoms. The smallest absolute Gasteiger partial charge is 0.250 e. The van der Waals surface area contributed by atoms with Crippen LogP contribution in [0.1, 0.15) is 18.7 Å². The lowest BCUT2D eigenvalue weighted by molar-refractivity contribution is 0.0800. The summed E-state index contributed by atoms with van der Waals surface area (Å²) in [5, 5.41) is 2.99. The quantitative estimate of drug-likeness (QED) is 0.755. The molecule has 0 aliphatic carbocycles. The molecule has 1 atom stereocenters. The van der Waals surface area contributed by atoms with Crippen molar-refractivity contribution in [2.45, 2.75) is 30.7 Å². The van der Waals surface area contributed by atoms with Gasteiger partial charge in [0, 0.05) is 24.6 Å². The Hall–Kier alpha value is -0.470. The van der Waals surface area contributed by atoms with E-state index in [-0.39, 0.29) is 12.6 Å². The van der Waals surface area contributed by atoms with Gasteiger partial charge < -0.3 is 10.1 Å². The Labute approximate surface area is 113 Å². The Morgan fingerprint density at radius 2 is 2.17 bits per heavy atom. The van der Waals surface area contributed by atoms with Gasteiger partial charge in [-0.1, -0.05) is 0 Å². The molecule has 7 heteroatoms. The molecule has 1 unspecified atom stereocenters. The number of sulfonamides is 1. The largest absolute Gasteiger partial charge is 0.377 e. The lowest BCUT2D eigenvalue weighted by atomic mass is 10.4. The standard InChI is InChI=1S/C11H20N2O3S2/c1-4-16-9(2)7-13-18(14,15)11-6-5-10(17-11)8-12-3/h5-6,9,12-13H,4,7-8H2,1-3H3. The lowest BCUT2D eigenvalue weighted by Gasteiger charge is -2.12. The Balaban J connectivity index is 2.62. The Bertz CT molecular complexity index is 457.